The Morgan fingerprint density at radius 3 is 2.81 bits per heavy atom. The normalized spacial score (nSPS) is 11.3. The van der Waals surface area contributed by atoms with Crippen molar-refractivity contribution in [3.8, 4) is 0 Å². The second-order valence-corrected chi connectivity index (χ2v) is 3.88. The summed E-state index contributed by atoms with van der Waals surface area (Å²) in [5.74, 6) is 0. The molecule has 0 aliphatic carbocycles. The van der Waals surface area contributed by atoms with E-state index in [2.05, 4.69) is 4.98 Å². The van der Waals surface area contributed by atoms with Crippen LogP contribution in [-0.2, 0) is 0 Å². The topological polar surface area (TPSA) is 58.0 Å². The summed E-state index contributed by atoms with van der Waals surface area (Å²) in [7, 11) is 0. The van der Waals surface area contributed by atoms with Gasteiger partial charge in [-0.2, -0.15) is 0 Å². The van der Waals surface area contributed by atoms with Crippen molar-refractivity contribution in [2.45, 2.75) is 6.92 Å². The molecule has 3 aromatic rings. The molecule has 0 aliphatic heterocycles. The monoisotopic (exact) mass is 214 g/mol. The third kappa shape index (κ3) is 1.01. The van der Waals surface area contributed by atoms with Gasteiger partial charge in [-0.3, -0.25) is 4.79 Å². The number of rotatable bonds is 0. The molecule has 80 valence electrons. The molecule has 2 N–H and O–H groups in total. The lowest BCUT2D eigenvalue weighted by Gasteiger charge is -2.03. The maximum Gasteiger partial charge on any atom is 0.307 e. The molecule has 4 nitrogen and oxygen atoms in total. The number of pyridine rings is 1. The fourth-order valence-electron chi connectivity index (χ4n) is 2.07. The summed E-state index contributed by atoms with van der Waals surface area (Å²) >= 11 is 0. The van der Waals surface area contributed by atoms with E-state index in [1.54, 1.807) is 12.1 Å². The number of para-hydroxylation sites is 1. The first-order chi connectivity index (χ1) is 7.68. The Morgan fingerprint density at radius 1 is 1.25 bits per heavy atom. The molecule has 4 heteroatoms. The number of benzene rings is 1. The highest BCUT2D eigenvalue weighted by molar-refractivity contribution is 6.04. The minimum Gasteiger partial charge on any atom is -0.425 e. The van der Waals surface area contributed by atoms with Crippen LogP contribution >= 0.6 is 0 Å². The molecule has 0 saturated carbocycles. The Labute approximate surface area is 90.7 Å². The number of aromatic amines is 1. The van der Waals surface area contributed by atoms with Crippen molar-refractivity contribution in [1.82, 2.24) is 9.71 Å². The van der Waals surface area contributed by atoms with Crippen molar-refractivity contribution >= 4 is 21.8 Å². The van der Waals surface area contributed by atoms with Crippen LogP contribution in [0.15, 0.2) is 35.1 Å². The lowest BCUT2D eigenvalue weighted by molar-refractivity contribution is 0.190. The van der Waals surface area contributed by atoms with E-state index in [9.17, 15) is 10.0 Å². The molecule has 0 aliphatic rings. The summed E-state index contributed by atoms with van der Waals surface area (Å²) in [6, 6.07) is 9.20. The van der Waals surface area contributed by atoms with E-state index in [0.29, 0.717) is 15.8 Å². The second kappa shape index (κ2) is 2.88. The summed E-state index contributed by atoms with van der Waals surface area (Å²) in [5.41, 5.74) is 1.46. The smallest absolute Gasteiger partial charge is 0.307 e. The Hall–Kier alpha value is -2.23. The predicted molar refractivity (Wildman–Crippen MR) is 62.0 cm³/mol. The van der Waals surface area contributed by atoms with Gasteiger partial charge in [-0.15, -0.1) is 4.73 Å². The zero-order valence-corrected chi connectivity index (χ0v) is 8.69. The van der Waals surface area contributed by atoms with Gasteiger partial charge in [0, 0.05) is 16.5 Å². The molecule has 1 aromatic carbocycles. The van der Waals surface area contributed by atoms with Gasteiger partial charge in [-0.25, -0.2) is 0 Å². The zero-order valence-electron chi connectivity index (χ0n) is 8.69. The standard InChI is InChI=1S/C12H10N2O2/c1-7-6-9-8-4-2-3-5-10(8)14(16)12(15)11(9)13-7/h2-6,13,16H,1H3. The predicted octanol–water partition coefficient (Wildman–Crippen LogP) is 2.03. The van der Waals surface area contributed by atoms with Crippen LogP contribution < -0.4 is 5.56 Å². The summed E-state index contributed by atoms with van der Waals surface area (Å²) in [6.07, 6.45) is 0. The molecule has 0 fully saturated rings. The van der Waals surface area contributed by atoms with Crippen LogP contribution in [0.5, 0.6) is 0 Å². The summed E-state index contributed by atoms with van der Waals surface area (Å²) in [4.78, 5) is 14.8. The number of H-pyrrole nitrogens is 1. The summed E-state index contributed by atoms with van der Waals surface area (Å²) < 4.78 is 0.688. The van der Waals surface area contributed by atoms with E-state index in [4.69, 9.17) is 0 Å². The Bertz CT molecular complexity index is 753. The number of fused-ring (bicyclic) bond motifs is 3. The van der Waals surface area contributed by atoms with Gasteiger partial charge >= 0.3 is 5.56 Å². The van der Waals surface area contributed by atoms with Crippen molar-refractivity contribution in [3.05, 3.63) is 46.4 Å². The van der Waals surface area contributed by atoms with Crippen LogP contribution in [0.3, 0.4) is 0 Å². The third-order valence-corrected chi connectivity index (χ3v) is 2.78. The van der Waals surface area contributed by atoms with Crippen LogP contribution in [0.25, 0.3) is 21.8 Å². The van der Waals surface area contributed by atoms with E-state index in [1.165, 1.54) is 0 Å². The molecular formula is C12H10N2O2. The van der Waals surface area contributed by atoms with Crippen LogP contribution in [-0.4, -0.2) is 14.9 Å². The number of hydrogen-bond acceptors (Lipinski definition) is 2. The average molecular weight is 214 g/mol. The van der Waals surface area contributed by atoms with Crippen molar-refractivity contribution in [2.24, 2.45) is 0 Å². The number of aryl methyl sites for hydroxylation is 1. The molecule has 2 heterocycles. The van der Waals surface area contributed by atoms with Crippen LogP contribution in [0, 0.1) is 6.92 Å². The third-order valence-electron chi connectivity index (χ3n) is 2.78. The van der Waals surface area contributed by atoms with Crippen LogP contribution in [0.2, 0.25) is 0 Å². The average Bonchev–Trinajstić information content (AvgIpc) is 2.68. The largest absolute Gasteiger partial charge is 0.425 e. The van der Waals surface area contributed by atoms with Gasteiger partial charge in [0.05, 0.1) is 5.52 Å². The molecule has 16 heavy (non-hydrogen) atoms. The Balaban J connectivity index is 2.73. The maximum atomic E-state index is 11.8. The van der Waals surface area contributed by atoms with Gasteiger partial charge < -0.3 is 10.2 Å². The number of aromatic nitrogens is 2. The van der Waals surface area contributed by atoms with Gasteiger partial charge in [0.25, 0.3) is 0 Å². The van der Waals surface area contributed by atoms with E-state index >= 15 is 0 Å². The fraction of sp³-hybridized carbons (Fsp3) is 0.0833. The van der Waals surface area contributed by atoms with Crippen molar-refractivity contribution in [1.29, 1.82) is 0 Å². The molecule has 0 unspecified atom stereocenters. The van der Waals surface area contributed by atoms with Crippen LogP contribution in [0.4, 0.5) is 0 Å². The highest BCUT2D eigenvalue weighted by Crippen LogP contribution is 2.22. The van der Waals surface area contributed by atoms with E-state index < -0.39 is 5.56 Å². The number of nitrogens with one attached hydrogen (secondary N) is 1. The molecule has 0 bridgehead atoms. The minimum atomic E-state index is -0.415. The molecule has 2 aromatic heterocycles. The molecule has 0 spiro atoms. The number of nitrogens with zero attached hydrogens (tertiary/aromatic N) is 1. The first-order valence-electron chi connectivity index (χ1n) is 5.01. The molecule has 0 saturated heterocycles. The highest BCUT2D eigenvalue weighted by atomic mass is 16.5. The van der Waals surface area contributed by atoms with E-state index in [-0.39, 0.29) is 0 Å². The Morgan fingerprint density at radius 2 is 2.00 bits per heavy atom. The molecule has 3 rings (SSSR count). The highest BCUT2D eigenvalue weighted by Gasteiger charge is 2.11. The van der Waals surface area contributed by atoms with Gasteiger partial charge in [0.1, 0.15) is 5.52 Å². The maximum absolute atomic E-state index is 11.8. The van der Waals surface area contributed by atoms with Crippen molar-refractivity contribution < 1.29 is 5.21 Å². The lowest BCUT2D eigenvalue weighted by Crippen LogP contribution is -2.18. The minimum absolute atomic E-state index is 0.415. The molecule has 0 amide bonds. The zero-order chi connectivity index (χ0) is 11.3. The van der Waals surface area contributed by atoms with E-state index in [1.807, 2.05) is 25.1 Å². The number of hydrogen-bond donors (Lipinski definition) is 2. The van der Waals surface area contributed by atoms with Gasteiger partial charge in [0.2, 0.25) is 0 Å². The first kappa shape index (κ1) is 9.03. The molecule has 0 atom stereocenters. The van der Waals surface area contributed by atoms with E-state index in [0.717, 1.165) is 16.5 Å². The molecular weight excluding hydrogens is 204 g/mol. The van der Waals surface area contributed by atoms with Crippen molar-refractivity contribution in [3.63, 3.8) is 0 Å². The van der Waals surface area contributed by atoms with Crippen molar-refractivity contribution in [2.75, 3.05) is 0 Å². The SMILES string of the molecule is Cc1cc2c([nH]1)c(=O)n(O)c1ccccc21. The quantitative estimate of drug-likeness (QED) is 0.562. The Kier molecular flexibility index (Phi) is 1.63. The first-order valence-corrected chi connectivity index (χ1v) is 5.01. The second-order valence-electron chi connectivity index (χ2n) is 3.88. The fourth-order valence-corrected chi connectivity index (χ4v) is 2.07. The molecule has 0 radical (unpaired) electrons. The summed E-state index contributed by atoms with van der Waals surface area (Å²) in [5, 5.41) is 11.5. The summed E-state index contributed by atoms with van der Waals surface area (Å²) in [6.45, 7) is 1.88. The van der Waals surface area contributed by atoms with Gasteiger partial charge in [-0.1, -0.05) is 18.2 Å². The lowest BCUT2D eigenvalue weighted by atomic mass is 10.1. The van der Waals surface area contributed by atoms with Crippen LogP contribution in [0.1, 0.15) is 5.69 Å². The van der Waals surface area contributed by atoms with Gasteiger partial charge in [0.15, 0.2) is 0 Å². The van der Waals surface area contributed by atoms with Gasteiger partial charge in [-0.05, 0) is 19.1 Å².